The SMILES string of the molecule is CC(C)C(=O)Nc1nc(CC(=O)Nc2ccc(NC(=O)NCC3CCCO3)cc2)cs1. The lowest BCUT2D eigenvalue weighted by atomic mass is 10.2. The van der Waals surface area contributed by atoms with E-state index in [2.05, 4.69) is 26.3 Å². The van der Waals surface area contributed by atoms with Crippen molar-refractivity contribution in [1.29, 1.82) is 0 Å². The van der Waals surface area contributed by atoms with Crippen molar-refractivity contribution in [1.82, 2.24) is 10.3 Å². The Kier molecular flexibility index (Phi) is 7.96. The first-order chi connectivity index (χ1) is 14.9. The fraction of sp³-hybridized carbons (Fsp3) is 0.429. The maximum atomic E-state index is 12.3. The Balaban J connectivity index is 1.42. The zero-order valence-electron chi connectivity index (χ0n) is 17.6. The summed E-state index contributed by atoms with van der Waals surface area (Å²) in [5, 5.41) is 13.3. The van der Waals surface area contributed by atoms with E-state index in [0.29, 0.717) is 28.7 Å². The summed E-state index contributed by atoms with van der Waals surface area (Å²) < 4.78 is 5.47. The van der Waals surface area contributed by atoms with E-state index in [4.69, 9.17) is 4.74 Å². The minimum atomic E-state index is -0.295. The van der Waals surface area contributed by atoms with Crippen LogP contribution in [0.25, 0.3) is 0 Å². The fourth-order valence-corrected chi connectivity index (χ4v) is 3.60. The number of benzene rings is 1. The number of hydrogen-bond donors (Lipinski definition) is 4. The van der Waals surface area contributed by atoms with E-state index in [1.165, 1.54) is 11.3 Å². The maximum absolute atomic E-state index is 12.3. The quantitative estimate of drug-likeness (QED) is 0.497. The standard InChI is InChI=1S/C21H27N5O4S/c1-13(2)19(28)26-21-25-16(12-31-21)10-18(27)23-14-5-7-15(8-6-14)24-20(29)22-11-17-4-3-9-30-17/h5-8,12-13,17H,3-4,9-11H2,1-2H3,(H,23,27)(H2,22,24,29)(H,25,26,28). The third-order valence-corrected chi connectivity index (χ3v) is 5.40. The molecule has 1 saturated heterocycles. The van der Waals surface area contributed by atoms with Gasteiger partial charge in [-0.25, -0.2) is 9.78 Å². The molecule has 4 N–H and O–H groups in total. The Bertz CT molecular complexity index is 907. The molecule has 1 fully saturated rings. The fourth-order valence-electron chi connectivity index (χ4n) is 2.89. The Morgan fingerprint density at radius 3 is 2.48 bits per heavy atom. The molecule has 0 radical (unpaired) electrons. The number of hydrogen-bond acceptors (Lipinski definition) is 6. The minimum Gasteiger partial charge on any atom is -0.376 e. The summed E-state index contributed by atoms with van der Waals surface area (Å²) in [6, 6.07) is 6.55. The molecule has 0 spiro atoms. The number of rotatable bonds is 8. The molecule has 1 aromatic carbocycles. The van der Waals surface area contributed by atoms with E-state index in [1.54, 1.807) is 43.5 Å². The number of anilines is 3. The molecule has 4 amide bonds. The molecule has 1 unspecified atom stereocenters. The van der Waals surface area contributed by atoms with E-state index in [1.807, 2.05) is 0 Å². The summed E-state index contributed by atoms with van der Waals surface area (Å²) >= 11 is 1.29. The van der Waals surface area contributed by atoms with E-state index in [9.17, 15) is 14.4 Å². The highest BCUT2D eigenvalue weighted by Crippen LogP contribution is 2.18. The summed E-state index contributed by atoms with van der Waals surface area (Å²) in [4.78, 5) is 40.2. The van der Waals surface area contributed by atoms with Gasteiger partial charge in [0.2, 0.25) is 11.8 Å². The first-order valence-corrected chi connectivity index (χ1v) is 11.1. The van der Waals surface area contributed by atoms with E-state index in [0.717, 1.165) is 19.4 Å². The van der Waals surface area contributed by atoms with Crippen molar-refractivity contribution in [3.8, 4) is 0 Å². The van der Waals surface area contributed by atoms with E-state index < -0.39 is 0 Å². The molecule has 2 heterocycles. The van der Waals surface area contributed by atoms with E-state index >= 15 is 0 Å². The van der Waals surface area contributed by atoms with Crippen LogP contribution in [0, 0.1) is 5.92 Å². The maximum Gasteiger partial charge on any atom is 0.319 e. The summed E-state index contributed by atoms with van der Waals surface area (Å²) in [7, 11) is 0. The molecule has 0 bridgehead atoms. The van der Waals surface area contributed by atoms with Crippen molar-refractivity contribution < 1.29 is 19.1 Å². The summed E-state index contributed by atoms with van der Waals surface area (Å²) in [5.41, 5.74) is 1.81. The van der Waals surface area contributed by atoms with Gasteiger partial charge in [0, 0.05) is 35.8 Å². The Morgan fingerprint density at radius 1 is 1.13 bits per heavy atom. The molecule has 9 nitrogen and oxygen atoms in total. The molecule has 3 rings (SSSR count). The van der Waals surface area contributed by atoms with Gasteiger partial charge in [0.25, 0.3) is 0 Å². The highest BCUT2D eigenvalue weighted by Gasteiger charge is 2.16. The first-order valence-electron chi connectivity index (χ1n) is 10.2. The second-order valence-electron chi connectivity index (χ2n) is 7.56. The van der Waals surface area contributed by atoms with Crippen molar-refractivity contribution in [3.05, 3.63) is 35.3 Å². The van der Waals surface area contributed by atoms with E-state index in [-0.39, 0.29) is 36.3 Å². The average molecular weight is 446 g/mol. The number of nitrogens with one attached hydrogen (secondary N) is 4. The molecule has 0 aliphatic carbocycles. The van der Waals surface area contributed by atoms with Crippen LogP contribution in [0.5, 0.6) is 0 Å². The minimum absolute atomic E-state index is 0.0867. The van der Waals surface area contributed by atoms with Gasteiger partial charge >= 0.3 is 6.03 Å². The topological polar surface area (TPSA) is 121 Å². The number of thiazole rings is 1. The van der Waals surface area contributed by atoms with Crippen LogP contribution in [0.4, 0.5) is 21.3 Å². The van der Waals surface area contributed by atoms with Crippen LogP contribution in [0.1, 0.15) is 32.4 Å². The van der Waals surface area contributed by atoms with Crippen LogP contribution in [0.15, 0.2) is 29.6 Å². The summed E-state index contributed by atoms with van der Waals surface area (Å²) in [6.07, 6.45) is 2.17. The average Bonchev–Trinajstić information content (AvgIpc) is 3.40. The van der Waals surface area contributed by atoms with Crippen molar-refractivity contribution in [2.45, 2.75) is 39.2 Å². The number of carbonyl (C=O) groups is 3. The number of nitrogens with zero attached hydrogens (tertiary/aromatic N) is 1. The van der Waals surface area contributed by atoms with Crippen molar-refractivity contribution in [2.75, 3.05) is 29.1 Å². The molecule has 0 saturated carbocycles. The molecule has 1 aromatic heterocycles. The highest BCUT2D eigenvalue weighted by molar-refractivity contribution is 7.13. The number of aromatic nitrogens is 1. The van der Waals surface area contributed by atoms with Gasteiger partial charge in [-0.1, -0.05) is 13.8 Å². The monoisotopic (exact) mass is 445 g/mol. The van der Waals surface area contributed by atoms with Crippen LogP contribution in [0.2, 0.25) is 0 Å². The molecule has 1 aliphatic rings. The van der Waals surface area contributed by atoms with Gasteiger partial charge < -0.3 is 26.0 Å². The molecular weight excluding hydrogens is 418 g/mol. The van der Waals surface area contributed by atoms with Crippen LogP contribution in [-0.2, 0) is 20.7 Å². The van der Waals surface area contributed by atoms with Crippen molar-refractivity contribution in [3.63, 3.8) is 0 Å². The van der Waals surface area contributed by atoms with Gasteiger partial charge in [0.1, 0.15) is 0 Å². The Hall–Kier alpha value is -2.98. The molecule has 31 heavy (non-hydrogen) atoms. The largest absolute Gasteiger partial charge is 0.376 e. The normalized spacial score (nSPS) is 15.5. The van der Waals surface area contributed by atoms with Crippen molar-refractivity contribution >= 4 is 45.7 Å². The smallest absolute Gasteiger partial charge is 0.319 e. The number of urea groups is 1. The first kappa shape index (κ1) is 22.7. The Labute approximate surface area is 185 Å². The summed E-state index contributed by atoms with van der Waals surface area (Å²) in [5.74, 6) is -0.470. The molecule has 1 aliphatic heterocycles. The molecule has 2 aromatic rings. The predicted octanol–water partition coefficient (Wildman–Crippen LogP) is 3.22. The zero-order chi connectivity index (χ0) is 22.2. The summed E-state index contributed by atoms with van der Waals surface area (Å²) in [6.45, 7) is 4.84. The predicted molar refractivity (Wildman–Crippen MR) is 120 cm³/mol. The number of ether oxygens (including phenoxy) is 1. The van der Waals surface area contributed by atoms with Gasteiger partial charge in [0.15, 0.2) is 5.13 Å². The third kappa shape index (κ3) is 7.34. The molecular formula is C21H27N5O4S. The lowest BCUT2D eigenvalue weighted by Gasteiger charge is -2.12. The number of carbonyl (C=O) groups excluding carboxylic acids is 3. The van der Waals surface area contributed by atoms with Crippen LogP contribution in [0.3, 0.4) is 0 Å². The van der Waals surface area contributed by atoms with Gasteiger partial charge in [0.05, 0.1) is 18.2 Å². The molecule has 10 heteroatoms. The second kappa shape index (κ2) is 10.9. The van der Waals surface area contributed by atoms with Gasteiger partial charge in [-0.2, -0.15) is 0 Å². The van der Waals surface area contributed by atoms with Crippen LogP contribution >= 0.6 is 11.3 Å². The van der Waals surface area contributed by atoms with Gasteiger partial charge in [-0.05, 0) is 37.1 Å². The van der Waals surface area contributed by atoms with Gasteiger partial charge in [-0.15, -0.1) is 11.3 Å². The number of amides is 4. The zero-order valence-corrected chi connectivity index (χ0v) is 18.4. The second-order valence-corrected chi connectivity index (χ2v) is 8.42. The highest BCUT2D eigenvalue weighted by atomic mass is 32.1. The molecule has 1 atom stereocenters. The third-order valence-electron chi connectivity index (χ3n) is 4.59. The lowest BCUT2D eigenvalue weighted by molar-refractivity contribution is -0.119. The Morgan fingerprint density at radius 2 is 1.84 bits per heavy atom. The van der Waals surface area contributed by atoms with Crippen molar-refractivity contribution in [2.24, 2.45) is 5.92 Å². The van der Waals surface area contributed by atoms with Crippen LogP contribution in [-0.4, -0.2) is 42.1 Å². The van der Waals surface area contributed by atoms with Crippen LogP contribution < -0.4 is 21.3 Å². The molecule has 166 valence electrons. The van der Waals surface area contributed by atoms with Gasteiger partial charge in [-0.3, -0.25) is 9.59 Å². The lowest BCUT2D eigenvalue weighted by Crippen LogP contribution is -2.35.